The van der Waals surface area contributed by atoms with E-state index in [1.165, 1.54) is 39.9 Å². The van der Waals surface area contributed by atoms with Crippen molar-refractivity contribution < 1.29 is 18.0 Å². The Balaban J connectivity index is 1.51. The number of hydrogen-bond acceptors (Lipinski definition) is 6. The Kier molecular flexibility index (Phi) is 7.35. The molecule has 2 N–H and O–H groups in total. The van der Waals surface area contributed by atoms with E-state index in [1.807, 2.05) is 18.4 Å². The van der Waals surface area contributed by atoms with E-state index in [0.29, 0.717) is 13.1 Å². The van der Waals surface area contributed by atoms with E-state index >= 15 is 0 Å². The van der Waals surface area contributed by atoms with Crippen molar-refractivity contribution in [2.75, 3.05) is 19.6 Å². The summed E-state index contributed by atoms with van der Waals surface area (Å²) in [5, 5.41) is 8.30. The van der Waals surface area contributed by atoms with Gasteiger partial charge in [-0.15, -0.1) is 11.3 Å². The molecule has 30 heavy (non-hydrogen) atoms. The van der Waals surface area contributed by atoms with Crippen molar-refractivity contribution in [1.29, 1.82) is 0 Å². The molecule has 1 aromatic heterocycles. The Hall–Kier alpha value is -2.56. The fourth-order valence-corrected chi connectivity index (χ4v) is 5.32. The van der Waals surface area contributed by atoms with Crippen molar-refractivity contribution in [3.05, 3.63) is 51.7 Å². The third-order valence-electron chi connectivity index (χ3n) is 4.75. The quantitative estimate of drug-likeness (QED) is 0.500. The van der Waals surface area contributed by atoms with E-state index in [2.05, 4.69) is 15.8 Å². The highest BCUT2D eigenvalue weighted by atomic mass is 32.2. The molecule has 0 atom stereocenters. The lowest BCUT2D eigenvalue weighted by molar-refractivity contribution is -0.120. The summed E-state index contributed by atoms with van der Waals surface area (Å²) in [6.45, 7) is 2.75. The minimum atomic E-state index is -3.54. The number of benzene rings is 1. The average molecular weight is 449 g/mol. The first-order valence-corrected chi connectivity index (χ1v) is 11.9. The van der Waals surface area contributed by atoms with Gasteiger partial charge < -0.3 is 5.32 Å². The lowest BCUT2D eigenvalue weighted by atomic mass is 10.2. The van der Waals surface area contributed by atoms with Crippen molar-refractivity contribution in [2.45, 2.75) is 31.1 Å². The van der Waals surface area contributed by atoms with Gasteiger partial charge in [0.1, 0.15) is 0 Å². The van der Waals surface area contributed by atoms with Crippen LogP contribution < -0.4 is 10.7 Å². The van der Waals surface area contributed by atoms with E-state index < -0.39 is 21.8 Å². The van der Waals surface area contributed by atoms with Crippen molar-refractivity contribution in [3.63, 3.8) is 0 Å². The Morgan fingerprint density at radius 1 is 1.13 bits per heavy atom. The second-order valence-electron chi connectivity index (χ2n) is 6.93. The van der Waals surface area contributed by atoms with Gasteiger partial charge in [-0.05, 0) is 61.0 Å². The molecule has 2 heterocycles. The first kappa shape index (κ1) is 22.1. The average Bonchev–Trinajstić information content (AvgIpc) is 3.17. The highest BCUT2D eigenvalue weighted by Crippen LogP contribution is 2.20. The second-order valence-corrected chi connectivity index (χ2v) is 9.82. The minimum absolute atomic E-state index is 0.164. The maximum absolute atomic E-state index is 12.6. The van der Waals surface area contributed by atoms with Gasteiger partial charge >= 0.3 is 0 Å². The highest BCUT2D eigenvalue weighted by molar-refractivity contribution is 7.89. The molecule has 0 spiro atoms. The van der Waals surface area contributed by atoms with Gasteiger partial charge in [-0.2, -0.15) is 9.41 Å². The smallest absolute Gasteiger partial charge is 0.259 e. The molecule has 8 nitrogen and oxygen atoms in total. The minimum Gasteiger partial charge on any atom is -0.343 e. The molecule has 0 aliphatic carbocycles. The molecule has 10 heteroatoms. The lowest BCUT2D eigenvalue weighted by Crippen LogP contribution is -2.36. The van der Waals surface area contributed by atoms with Crippen LogP contribution in [-0.4, -0.2) is 50.4 Å². The van der Waals surface area contributed by atoms with Crippen LogP contribution >= 0.6 is 11.3 Å². The van der Waals surface area contributed by atoms with Crippen molar-refractivity contribution in [3.8, 4) is 0 Å². The van der Waals surface area contributed by atoms with Crippen LogP contribution in [0.4, 0.5) is 0 Å². The Bertz CT molecular complexity index is 1020. The number of thiophene rings is 1. The number of aryl methyl sites for hydroxylation is 1. The van der Waals surface area contributed by atoms with Gasteiger partial charge in [0.25, 0.3) is 11.8 Å². The summed E-state index contributed by atoms with van der Waals surface area (Å²) in [4.78, 5) is 25.2. The normalized spacial score (nSPS) is 15.2. The van der Waals surface area contributed by atoms with Crippen LogP contribution in [0.3, 0.4) is 0 Å². The second kappa shape index (κ2) is 9.96. The zero-order valence-corrected chi connectivity index (χ0v) is 18.3. The fraction of sp³-hybridized carbons (Fsp3) is 0.350. The van der Waals surface area contributed by atoms with Crippen molar-refractivity contribution in [2.24, 2.45) is 5.10 Å². The predicted molar refractivity (Wildman–Crippen MR) is 116 cm³/mol. The molecular weight excluding hydrogens is 424 g/mol. The number of carbonyl (C=O) groups excluding carboxylic acids is 2. The summed E-state index contributed by atoms with van der Waals surface area (Å²) in [6, 6.07) is 7.69. The van der Waals surface area contributed by atoms with Crippen LogP contribution in [0.25, 0.3) is 0 Å². The largest absolute Gasteiger partial charge is 0.343 e. The molecule has 160 valence electrons. The van der Waals surface area contributed by atoms with Crippen LogP contribution in [0, 0.1) is 6.92 Å². The van der Waals surface area contributed by atoms with E-state index in [0.717, 1.165) is 29.7 Å². The summed E-state index contributed by atoms with van der Waals surface area (Å²) in [5.74, 6) is -0.928. The van der Waals surface area contributed by atoms with E-state index in [-0.39, 0.29) is 17.0 Å². The number of hydrazone groups is 1. The standard InChI is InChI=1S/C20H24N4O4S2/c1-15-9-12-29-18(15)13-22-23-19(25)14-21-20(26)16-5-7-17(8-6-16)30(27,28)24-10-3-2-4-11-24/h5-9,12-13H,2-4,10-11,14H2,1H3,(H,21,26)(H,23,25). The van der Waals surface area contributed by atoms with Crippen LogP contribution in [-0.2, 0) is 14.8 Å². The number of hydrogen-bond donors (Lipinski definition) is 2. The number of sulfonamides is 1. The van der Waals surface area contributed by atoms with Crippen LogP contribution in [0.15, 0.2) is 45.7 Å². The van der Waals surface area contributed by atoms with Crippen molar-refractivity contribution in [1.82, 2.24) is 15.0 Å². The lowest BCUT2D eigenvalue weighted by Gasteiger charge is -2.25. The maximum Gasteiger partial charge on any atom is 0.259 e. The molecule has 0 unspecified atom stereocenters. The molecular formula is C20H24N4O4S2. The number of rotatable bonds is 7. The summed E-state index contributed by atoms with van der Waals surface area (Å²) >= 11 is 1.51. The van der Waals surface area contributed by atoms with Gasteiger partial charge in [-0.3, -0.25) is 9.59 Å². The molecule has 1 saturated heterocycles. The summed E-state index contributed by atoms with van der Waals surface area (Å²) in [7, 11) is -3.54. The maximum atomic E-state index is 12.6. The summed E-state index contributed by atoms with van der Waals surface area (Å²) in [5.41, 5.74) is 3.70. The van der Waals surface area contributed by atoms with E-state index in [9.17, 15) is 18.0 Å². The van der Waals surface area contributed by atoms with Gasteiger partial charge in [0.05, 0.1) is 17.7 Å². The third kappa shape index (κ3) is 5.53. The Morgan fingerprint density at radius 3 is 2.47 bits per heavy atom. The third-order valence-corrected chi connectivity index (χ3v) is 7.62. The number of amides is 2. The number of nitrogens with one attached hydrogen (secondary N) is 2. The zero-order chi connectivity index (χ0) is 21.6. The molecule has 2 aromatic rings. The molecule has 3 rings (SSSR count). The molecule has 0 saturated carbocycles. The highest BCUT2D eigenvalue weighted by Gasteiger charge is 2.25. The van der Waals surface area contributed by atoms with Crippen LogP contribution in [0.5, 0.6) is 0 Å². The molecule has 1 aliphatic heterocycles. The molecule has 2 amide bonds. The molecule has 0 radical (unpaired) electrons. The summed E-state index contributed by atoms with van der Waals surface area (Å²) in [6.07, 6.45) is 4.32. The first-order valence-electron chi connectivity index (χ1n) is 9.62. The molecule has 1 aliphatic rings. The summed E-state index contributed by atoms with van der Waals surface area (Å²) < 4.78 is 26.8. The zero-order valence-electron chi connectivity index (χ0n) is 16.6. The van der Waals surface area contributed by atoms with E-state index in [1.54, 1.807) is 6.21 Å². The van der Waals surface area contributed by atoms with Crippen molar-refractivity contribution >= 4 is 39.4 Å². The van der Waals surface area contributed by atoms with Crippen LogP contribution in [0.1, 0.15) is 40.1 Å². The molecule has 0 bridgehead atoms. The van der Waals surface area contributed by atoms with Gasteiger partial charge in [0, 0.05) is 23.5 Å². The first-order chi connectivity index (χ1) is 14.4. The van der Waals surface area contributed by atoms with E-state index in [4.69, 9.17) is 0 Å². The monoisotopic (exact) mass is 448 g/mol. The Morgan fingerprint density at radius 2 is 1.83 bits per heavy atom. The number of nitrogens with zero attached hydrogens (tertiary/aromatic N) is 2. The molecule has 1 fully saturated rings. The number of carbonyl (C=O) groups is 2. The topological polar surface area (TPSA) is 108 Å². The predicted octanol–water partition coefficient (Wildman–Crippen LogP) is 2.11. The molecule has 1 aromatic carbocycles. The van der Waals surface area contributed by atoms with Gasteiger partial charge in [0.15, 0.2) is 0 Å². The van der Waals surface area contributed by atoms with Gasteiger partial charge in [-0.1, -0.05) is 6.42 Å². The SMILES string of the molecule is Cc1ccsc1C=NNC(=O)CNC(=O)c1ccc(S(=O)(=O)N2CCCCC2)cc1. The van der Waals surface area contributed by atoms with Crippen LogP contribution in [0.2, 0.25) is 0 Å². The Labute approximate surface area is 180 Å². The van der Waals surface area contributed by atoms with Gasteiger partial charge in [0.2, 0.25) is 10.0 Å². The number of piperidine rings is 1. The van der Waals surface area contributed by atoms with Gasteiger partial charge in [-0.25, -0.2) is 13.8 Å². The fourth-order valence-electron chi connectivity index (χ4n) is 3.01.